The Hall–Kier alpha value is -2.11. The molecule has 3 N–H and O–H groups in total. The van der Waals surface area contributed by atoms with Crippen molar-refractivity contribution in [2.45, 2.75) is 26.9 Å². The van der Waals surface area contributed by atoms with Crippen molar-refractivity contribution in [3.63, 3.8) is 0 Å². The van der Waals surface area contributed by atoms with Crippen LogP contribution in [0.3, 0.4) is 0 Å². The highest BCUT2D eigenvalue weighted by Gasteiger charge is 2.30. The Morgan fingerprint density at radius 2 is 1.82 bits per heavy atom. The predicted molar refractivity (Wildman–Crippen MR) is 61.0 cm³/mol. The summed E-state index contributed by atoms with van der Waals surface area (Å²) in [5, 5.41) is 9.26. The summed E-state index contributed by atoms with van der Waals surface area (Å²) in [4.78, 5) is 33.8. The molecule has 6 nitrogen and oxygen atoms in total. The highest BCUT2D eigenvalue weighted by atomic mass is 16.5. The second kappa shape index (κ2) is 4.40. The summed E-state index contributed by atoms with van der Waals surface area (Å²) >= 11 is 0. The number of rotatable bonds is 3. The minimum Gasteiger partial charge on any atom is -0.503 e. The lowest BCUT2D eigenvalue weighted by Gasteiger charge is -2.13. The number of allylic oxidation sites excluding steroid dienone is 1. The molecule has 6 heteroatoms. The van der Waals surface area contributed by atoms with E-state index >= 15 is 0 Å². The Morgan fingerprint density at radius 3 is 2.18 bits per heavy atom. The number of hydrogen-bond donors (Lipinski definition) is 2. The quantitative estimate of drug-likeness (QED) is 0.423. The van der Waals surface area contributed by atoms with Gasteiger partial charge >= 0.3 is 5.97 Å². The molecule has 0 aliphatic rings. The number of esters is 1. The molecule has 0 saturated heterocycles. The van der Waals surface area contributed by atoms with Gasteiger partial charge in [0.25, 0.3) is 5.43 Å². The predicted octanol–water partition coefficient (Wildman–Crippen LogP) is -0.370. The Balaban J connectivity index is 3.24. The minimum atomic E-state index is -1.02. The van der Waals surface area contributed by atoms with Gasteiger partial charge in [-0.15, -0.1) is 0 Å². The smallest absolute Gasteiger partial charge is 0.341 e. The highest BCUT2D eigenvalue weighted by Crippen LogP contribution is 2.23. The maximum atomic E-state index is 11.7. The first kappa shape index (κ1) is 13.0. The van der Waals surface area contributed by atoms with Crippen LogP contribution in [0, 0.1) is 0 Å². The van der Waals surface area contributed by atoms with E-state index in [0.717, 1.165) is 0 Å². The van der Waals surface area contributed by atoms with Crippen LogP contribution in [-0.4, -0.2) is 17.2 Å². The molecule has 0 aromatic heterocycles. The maximum Gasteiger partial charge on any atom is 0.341 e. The Bertz CT molecular complexity index is 557. The van der Waals surface area contributed by atoms with E-state index in [0.29, 0.717) is 0 Å². The van der Waals surface area contributed by atoms with Gasteiger partial charge in [-0.1, -0.05) is 0 Å². The van der Waals surface area contributed by atoms with Gasteiger partial charge in [-0.3, -0.25) is 9.59 Å². The van der Waals surface area contributed by atoms with Crippen molar-refractivity contribution < 1.29 is 14.6 Å². The number of carbonyl (C=O) groups is 1. The maximum absolute atomic E-state index is 11.7. The summed E-state index contributed by atoms with van der Waals surface area (Å²) in [6.07, 6.45) is -0.398. The summed E-state index contributed by atoms with van der Waals surface area (Å²) in [6.45, 7) is 4.64. The molecule has 0 aliphatic carbocycles. The monoisotopic (exact) mass is 239 g/mol. The molecule has 0 spiro atoms. The van der Waals surface area contributed by atoms with E-state index in [9.17, 15) is 19.5 Å². The summed E-state index contributed by atoms with van der Waals surface area (Å²) in [7, 11) is 0. The third kappa shape index (κ3) is 2.20. The molecule has 0 atom stereocenters. The molecular formula is C11H13NO5. The molecule has 0 unspecified atom stereocenters. The zero-order valence-electron chi connectivity index (χ0n) is 9.73. The van der Waals surface area contributed by atoms with Gasteiger partial charge in [0, 0.05) is 5.70 Å². The summed E-state index contributed by atoms with van der Waals surface area (Å²) in [5.74, 6) is -1.57. The number of aromatic hydroxyl groups is 1. The van der Waals surface area contributed by atoms with Gasteiger partial charge in [-0.05, 0) is 20.8 Å². The van der Waals surface area contributed by atoms with Crippen LogP contribution in [0.1, 0.15) is 26.3 Å². The van der Waals surface area contributed by atoms with Gasteiger partial charge in [0.05, 0.1) is 17.2 Å². The molecule has 1 aromatic carbocycles. The summed E-state index contributed by atoms with van der Waals surface area (Å²) in [5.41, 5.74) is 2.92. The van der Waals surface area contributed by atoms with Crippen LogP contribution >= 0.6 is 0 Å². The molecule has 0 amide bonds. The van der Waals surface area contributed by atoms with Crippen molar-refractivity contribution in [2.75, 3.05) is 0 Å². The van der Waals surface area contributed by atoms with E-state index in [4.69, 9.17) is 10.5 Å². The van der Waals surface area contributed by atoms with E-state index < -0.39 is 28.7 Å². The van der Waals surface area contributed by atoms with Crippen LogP contribution in [0.5, 0.6) is 5.75 Å². The Labute approximate surface area is 97.0 Å². The SMILES string of the molecule is C/C(N)=C(/C(=O)OC(C)C)c1c(O)c(=O)c1=O. The van der Waals surface area contributed by atoms with Crippen molar-refractivity contribution in [1.29, 1.82) is 0 Å². The second-order valence-corrected chi connectivity index (χ2v) is 3.89. The molecule has 1 rings (SSSR count). The Kier molecular flexibility index (Phi) is 3.36. The van der Waals surface area contributed by atoms with Crippen LogP contribution in [0.2, 0.25) is 0 Å². The first-order chi connectivity index (χ1) is 7.77. The van der Waals surface area contributed by atoms with Crippen molar-refractivity contribution >= 4 is 11.5 Å². The third-order valence-electron chi connectivity index (χ3n) is 2.08. The van der Waals surface area contributed by atoms with E-state index in [1.807, 2.05) is 0 Å². The number of hydrogen-bond acceptors (Lipinski definition) is 6. The van der Waals surface area contributed by atoms with Gasteiger partial charge in [0.1, 0.15) is 0 Å². The summed E-state index contributed by atoms with van der Waals surface area (Å²) in [6, 6.07) is 0. The third-order valence-corrected chi connectivity index (χ3v) is 2.08. The lowest BCUT2D eigenvalue weighted by Crippen LogP contribution is -2.36. The van der Waals surface area contributed by atoms with Gasteiger partial charge < -0.3 is 15.6 Å². The van der Waals surface area contributed by atoms with E-state index in [-0.39, 0.29) is 16.8 Å². The molecule has 0 saturated carbocycles. The fourth-order valence-electron chi connectivity index (χ4n) is 1.34. The highest BCUT2D eigenvalue weighted by molar-refractivity contribution is 6.18. The molecule has 0 heterocycles. The van der Waals surface area contributed by atoms with Crippen molar-refractivity contribution in [2.24, 2.45) is 5.73 Å². The average Bonchev–Trinajstić information content (AvgIpc) is 2.22. The average molecular weight is 239 g/mol. The topological polar surface area (TPSA) is 107 Å². The normalized spacial score (nSPS) is 12.7. The van der Waals surface area contributed by atoms with E-state index in [2.05, 4.69) is 0 Å². The molecule has 17 heavy (non-hydrogen) atoms. The molecule has 0 aliphatic heterocycles. The number of ether oxygens (including phenoxy) is 1. The Morgan fingerprint density at radius 1 is 1.29 bits per heavy atom. The first-order valence-corrected chi connectivity index (χ1v) is 4.97. The molecule has 0 bridgehead atoms. The van der Waals surface area contributed by atoms with E-state index in [1.165, 1.54) is 6.92 Å². The zero-order valence-corrected chi connectivity index (χ0v) is 9.73. The fraction of sp³-hybridized carbons (Fsp3) is 0.364. The van der Waals surface area contributed by atoms with Crippen LogP contribution in [-0.2, 0) is 9.53 Å². The fourth-order valence-corrected chi connectivity index (χ4v) is 1.34. The molecule has 0 radical (unpaired) electrons. The van der Waals surface area contributed by atoms with Crippen LogP contribution in [0.4, 0.5) is 0 Å². The number of nitrogens with two attached hydrogens (primary N) is 1. The number of carbonyl (C=O) groups excluding carboxylic acids is 1. The summed E-state index contributed by atoms with van der Waals surface area (Å²) < 4.78 is 4.88. The molecule has 1 aromatic rings. The van der Waals surface area contributed by atoms with Crippen molar-refractivity contribution in [3.05, 3.63) is 31.7 Å². The second-order valence-electron chi connectivity index (χ2n) is 3.89. The standard InChI is InChI=1S/C11H13NO5/c1-4(2)17-11(16)6(5(3)12)7-8(13)10(15)9(7)14/h4,13H,12H2,1-3H3/b6-5-. The van der Waals surface area contributed by atoms with Gasteiger partial charge in [0.2, 0.25) is 5.43 Å². The largest absolute Gasteiger partial charge is 0.503 e. The molecule has 92 valence electrons. The van der Waals surface area contributed by atoms with Crippen LogP contribution in [0.25, 0.3) is 5.57 Å². The molecular weight excluding hydrogens is 226 g/mol. The van der Waals surface area contributed by atoms with Crippen LogP contribution < -0.4 is 16.6 Å². The van der Waals surface area contributed by atoms with Crippen molar-refractivity contribution in [1.82, 2.24) is 0 Å². The van der Waals surface area contributed by atoms with Crippen molar-refractivity contribution in [3.8, 4) is 5.75 Å². The lowest BCUT2D eigenvalue weighted by molar-refractivity contribution is -0.140. The van der Waals surface area contributed by atoms with E-state index in [1.54, 1.807) is 13.8 Å². The first-order valence-electron chi connectivity index (χ1n) is 4.97. The van der Waals surface area contributed by atoms with Crippen LogP contribution in [0.15, 0.2) is 15.3 Å². The van der Waals surface area contributed by atoms with Gasteiger partial charge in [-0.25, -0.2) is 4.79 Å². The molecule has 0 fully saturated rings. The lowest BCUT2D eigenvalue weighted by atomic mass is 9.98. The van der Waals surface area contributed by atoms with Gasteiger partial charge in [0.15, 0.2) is 5.75 Å². The van der Waals surface area contributed by atoms with Gasteiger partial charge in [-0.2, -0.15) is 0 Å². The minimum absolute atomic E-state index is 0.0121. The zero-order chi connectivity index (χ0) is 13.3.